The van der Waals surface area contributed by atoms with Gasteiger partial charge in [0.1, 0.15) is 0 Å². The molecule has 2 N–H and O–H groups in total. The lowest BCUT2D eigenvalue weighted by Crippen LogP contribution is -2.17. The van der Waals surface area contributed by atoms with E-state index in [0.29, 0.717) is 31.1 Å². The third-order valence-corrected chi connectivity index (χ3v) is 8.74. The topological polar surface area (TPSA) is 79.0 Å². The smallest absolute Gasteiger partial charge is 0.262 e. The van der Waals surface area contributed by atoms with Crippen molar-refractivity contribution in [3.63, 3.8) is 0 Å². The first-order valence-electron chi connectivity index (χ1n) is 9.88. The Bertz CT molecular complexity index is 1540. The first kappa shape index (κ1) is 22.1. The maximum Gasteiger partial charge on any atom is 0.262 e. The summed E-state index contributed by atoms with van der Waals surface area (Å²) in [6.45, 7) is 0. The molecule has 1 aliphatic rings. The highest BCUT2D eigenvalue weighted by atomic mass is 35.5. The van der Waals surface area contributed by atoms with Crippen LogP contribution in [0.2, 0.25) is 10.0 Å². The van der Waals surface area contributed by atoms with Gasteiger partial charge in [0.15, 0.2) is 9.84 Å². The summed E-state index contributed by atoms with van der Waals surface area (Å²) in [5, 5.41) is 4.44. The molecule has 1 amide bonds. The number of halogens is 2. The third kappa shape index (κ3) is 4.29. The maximum atomic E-state index is 13.1. The van der Waals surface area contributed by atoms with E-state index in [1.165, 1.54) is 17.8 Å². The molecule has 5 rings (SSSR count). The fourth-order valence-corrected chi connectivity index (χ4v) is 6.80. The highest BCUT2D eigenvalue weighted by Gasteiger charge is 2.25. The van der Waals surface area contributed by atoms with Gasteiger partial charge in [-0.2, -0.15) is 0 Å². The lowest BCUT2D eigenvalue weighted by atomic mass is 10.1. The van der Waals surface area contributed by atoms with Gasteiger partial charge in [0, 0.05) is 43.2 Å². The molecule has 2 heterocycles. The summed E-state index contributed by atoms with van der Waals surface area (Å²) in [4.78, 5) is 17.1. The van der Waals surface area contributed by atoms with Crippen LogP contribution in [0.4, 0.5) is 5.69 Å². The highest BCUT2D eigenvalue weighted by molar-refractivity contribution is 8.04. The summed E-state index contributed by atoms with van der Waals surface area (Å²) in [6, 6.07) is 17.3. The van der Waals surface area contributed by atoms with Gasteiger partial charge in [-0.25, -0.2) is 8.42 Å². The minimum Gasteiger partial charge on any atom is -0.361 e. The monoisotopic (exact) mass is 514 g/mol. The molecule has 0 unspecified atom stereocenters. The Morgan fingerprint density at radius 1 is 0.970 bits per heavy atom. The Morgan fingerprint density at radius 3 is 2.52 bits per heavy atom. The largest absolute Gasteiger partial charge is 0.361 e. The van der Waals surface area contributed by atoms with E-state index in [9.17, 15) is 13.2 Å². The van der Waals surface area contributed by atoms with Crippen molar-refractivity contribution in [3.05, 3.63) is 92.9 Å². The first-order chi connectivity index (χ1) is 15.8. The minimum atomic E-state index is -3.72. The summed E-state index contributed by atoms with van der Waals surface area (Å²) in [5.41, 5.74) is 2.77. The number of thioether (sulfide) groups is 1. The second kappa shape index (κ2) is 8.57. The van der Waals surface area contributed by atoms with Crippen LogP contribution in [0, 0.1) is 0 Å². The molecule has 9 heteroatoms. The molecule has 0 saturated heterocycles. The summed E-state index contributed by atoms with van der Waals surface area (Å²) >= 11 is 13.6. The van der Waals surface area contributed by atoms with Gasteiger partial charge in [-0.15, -0.1) is 0 Å². The van der Waals surface area contributed by atoms with E-state index in [2.05, 4.69) is 10.3 Å². The van der Waals surface area contributed by atoms with E-state index in [1.807, 2.05) is 30.5 Å². The predicted molar refractivity (Wildman–Crippen MR) is 135 cm³/mol. The lowest BCUT2D eigenvalue weighted by molar-refractivity contribution is -0.112. The number of hydrogen-bond acceptors (Lipinski definition) is 4. The van der Waals surface area contributed by atoms with E-state index in [4.69, 9.17) is 23.2 Å². The number of carbonyl (C=O) groups excluding carboxylic acids is 1. The molecule has 0 atom stereocenters. The number of H-pyrrole nitrogens is 1. The van der Waals surface area contributed by atoms with Gasteiger partial charge in [0.25, 0.3) is 5.91 Å². The van der Waals surface area contributed by atoms with Gasteiger partial charge in [-0.3, -0.25) is 4.79 Å². The third-order valence-electron chi connectivity index (χ3n) is 5.31. The molecular formula is C24H16Cl2N2O3S2. The summed E-state index contributed by atoms with van der Waals surface area (Å²) in [6.07, 6.45) is 3.64. The standard InChI is InChI=1S/C24H16Cl2N2O3S2/c25-18-5-3-6-19(26)17(18)13-33(30,31)15-8-9-21-22(11-15)32-23(24(29)28-21)10-14-12-27-20-7-2-1-4-16(14)20/h1-12,27H,13H2,(H,28,29)/b23-10+. The molecule has 1 aromatic heterocycles. The van der Waals surface area contributed by atoms with Crippen molar-refractivity contribution in [2.24, 2.45) is 0 Å². The number of anilines is 1. The number of carbonyl (C=O) groups is 1. The zero-order chi connectivity index (χ0) is 23.2. The second-order valence-corrected chi connectivity index (χ2v) is 11.4. The quantitative estimate of drug-likeness (QED) is 0.303. The Kier molecular flexibility index (Phi) is 5.74. The Morgan fingerprint density at radius 2 is 1.73 bits per heavy atom. The van der Waals surface area contributed by atoms with Gasteiger partial charge in [0.05, 0.1) is 21.2 Å². The van der Waals surface area contributed by atoms with Crippen molar-refractivity contribution in [3.8, 4) is 0 Å². The van der Waals surface area contributed by atoms with Gasteiger partial charge in [-0.1, -0.05) is 59.2 Å². The molecule has 166 valence electrons. The normalized spacial score (nSPS) is 15.0. The molecule has 1 aliphatic heterocycles. The van der Waals surface area contributed by atoms with E-state index < -0.39 is 9.84 Å². The number of amides is 1. The van der Waals surface area contributed by atoms with Crippen molar-refractivity contribution < 1.29 is 13.2 Å². The van der Waals surface area contributed by atoms with Crippen LogP contribution < -0.4 is 5.32 Å². The van der Waals surface area contributed by atoms with Crippen LogP contribution >= 0.6 is 35.0 Å². The first-order valence-corrected chi connectivity index (χ1v) is 13.1. The number of aromatic nitrogens is 1. The molecule has 5 nitrogen and oxygen atoms in total. The lowest BCUT2D eigenvalue weighted by Gasteiger charge is -2.19. The fourth-order valence-electron chi connectivity index (χ4n) is 3.63. The van der Waals surface area contributed by atoms with Crippen molar-refractivity contribution in [2.75, 3.05) is 5.32 Å². The minimum absolute atomic E-state index is 0.132. The van der Waals surface area contributed by atoms with Crippen molar-refractivity contribution in [2.45, 2.75) is 15.5 Å². The average molecular weight is 515 g/mol. The number of fused-ring (bicyclic) bond motifs is 2. The molecule has 0 aliphatic carbocycles. The summed E-state index contributed by atoms with van der Waals surface area (Å²) in [7, 11) is -3.72. The van der Waals surface area contributed by atoms with Crippen LogP contribution in [0.5, 0.6) is 0 Å². The maximum absolute atomic E-state index is 13.1. The number of nitrogens with one attached hydrogen (secondary N) is 2. The number of rotatable bonds is 4. The van der Waals surface area contributed by atoms with E-state index >= 15 is 0 Å². The molecule has 33 heavy (non-hydrogen) atoms. The van der Waals surface area contributed by atoms with Crippen molar-refractivity contribution in [1.29, 1.82) is 0 Å². The van der Waals surface area contributed by atoms with Crippen LogP contribution in [0.15, 0.2) is 81.6 Å². The molecule has 0 radical (unpaired) electrons. The summed E-state index contributed by atoms with van der Waals surface area (Å²) in [5.74, 6) is -0.560. The summed E-state index contributed by atoms with van der Waals surface area (Å²) < 4.78 is 26.2. The predicted octanol–water partition coefficient (Wildman–Crippen LogP) is 6.53. The van der Waals surface area contributed by atoms with Gasteiger partial charge >= 0.3 is 0 Å². The molecule has 4 aromatic rings. The van der Waals surface area contributed by atoms with Crippen LogP contribution in [0.1, 0.15) is 11.1 Å². The number of aromatic amines is 1. The number of hydrogen-bond donors (Lipinski definition) is 2. The number of sulfone groups is 1. The van der Waals surface area contributed by atoms with Crippen molar-refractivity contribution in [1.82, 2.24) is 4.98 Å². The molecule has 3 aromatic carbocycles. The van der Waals surface area contributed by atoms with Crippen LogP contribution in [0.3, 0.4) is 0 Å². The van der Waals surface area contributed by atoms with Gasteiger partial charge in [-0.05, 0) is 42.5 Å². The SMILES string of the molecule is O=C1Nc2ccc(S(=O)(=O)Cc3c(Cl)cccc3Cl)cc2S/C1=C/c1c[nH]c2ccccc12. The Hall–Kier alpha value is -2.71. The second-order valence-electron chi connectivity index (χ2n) is 7.47. The van der Waals surface area contributed by atoms with E-state index in [-0.39, 0.29) is 16.6 Å². The van der Waals surface area contributed by atoms with Crippen LogP contribution in [0.25, 0.3) is 17.0 Å². The van der Waals surface area contributed by atoms with Crippen molar-refractivity contribution >= 4 is 73.4 Å². The molecule has 0 saturated carbocycles. The van der Waals surface area contributed by atoms with Gasteiger partial charge < -0.3 is 10.3 Å². The van der Waals surface area contributed by atoms with Crippen LogP contribution in [-0.4, -0.2) is 19.3 Å². The molecular weight excluding hydrogens is 499 g/mol. The van der Waals surface area contributed by atoms with Gasteiger partial charge in [0.2, 0.25) is 0 Å². The zero-order valence-electron chi connectivity index (χ0n) is 16.9. The molecule has 0 fully saturated rings. The number of para-hydroxylation sites is 1. The van der Waals surface area contributed by atoms with E-state index in [0.717, 1.165) is 16.5 Å². The Balaban J connectivity index is 1.48. The van der Waals surface area contributed by atoms with Crippen LogP contribution in [-0.2, 0) is 20.4 Å². The average Bonchev–Trinajstić information content (AvgIpc) is 3.19. The van der Waals surface area contributed by atoms with E-state index in [1.54, 1.807) is 36.4 Å². The number of benzene rings is 3. The zero-order valence-corrected chi connectivity index (χ0v) is 20.1. The fraction of sp³-hybridized carbons (Fsp3) is 0.0417. The Labute approximate surface area is 204 Å². The highest BCUT2D eigenvalue weighted by Crippen LogP contribution is 2.41. The molecule has 0 spiro atoms. The molecule has 0 bridgehead atoms.